The van der Waals surface area contributed by atoms with Gasteiger partial charge in [0, 0.05) is 38.7 Å². The molecule has 0 aromatic heterocycles. The number of hydrogen-bond donors (Lipinski definition) is 1. The summed E-state index contributed by atoms with van der Waals surface area (Å²) in [7, 11) is 1.68. The van der Waals surface area contributed by atoms with Crippen LogP contribution in [0.25, 0.3) is 0 Å². The number of carbonyl (C=O) groups excluding carboxylic acids is 2. The van der Waals surface area contributed by atoms with Crippen molar-refractivity contribution in [3.05, 3.63) is 29.6 Å². The second kappa shape index (κ2) is 6.89. The Morgan fingerprint density at radius 1 is 1.42 bits per heavy atom. The minimum absolute atomic E-state index is 0.0393. The summed E-state index contributed by atoms with van der Waals surface area (Å²) in [4.78, 5) is 27.5. The predicted octanol–water partition coefficient (Wildman–Crippen LogP) is 1.72. The summed E-state index contributed by atoms with van der Waals surface area (Å²) in [5.74, 6) is -0.127. The third-order valence-electron chi connectivity index (χ3n) is 4.84. The van der Waals surface area contributed by atoms with E-state index in [0.29, 0.717) is 31.0 Å². The van der Waals surface area contributed by atoms with E-state index in [-0.39, 0.29) is 30.6 Å². The van der Waals surface area contributed by atoms with Crippen LogP contribution in [0.4, 0.5) is 10.1 Å². The number of benzene rings is 1. The van der Waals surface area contributed by atoms with Crippen molar-refractivity contribution in [2.45, 2.75) is 38.2 Å². The van der Waals surface area contributed by atoms with Crippen LogP contribution in [0.15, 0.2) is 18.2 Å². The SMILES string of the molecule is CN(CC(O)C1CC1)C(=O)CCN1C(=O)CCc2cc(F)ccc21. The standard InChI is InChI=1S/C18H23FN2O3/c1-20(11-16(22)12-2-3-12)17(23)8-9-21-15-6-5-14(19)10-13(15)4-7-18(21)24/h5-6,10,12,16,22H,2-4,7-9,11H2,1H3. The van der Waals surface area contributed by atoms with Crippen molar-refractivity contribution in [2.75, 3.05) is 25.0 Å². The van der Waals surface area contributed by atoms with Crippen LogP contribution in [0.1, 0.15) is 31.2 Å². The summed E-state index contributed by atoms with van der Waals surface area (Å²) < 4.78 is 13.3. The zero-order chi connectivity index (χ0) is 17.3. The number of carbonyl (C=O) groups is 2. The average Bonchev–Trinajstić information content (AvgIpc) is 3.38. The summed E-state index contributed by atoms with van der Waals surface area (Å²) in [5, 5.41) is 9.93. The van der Waals surface area contributed by atoms with Crippen molar-refractivity contribution in [3.8, 4) is 0 Å². The van der Waals surface area contributed by atoms with Crippen molar-refractivity contribution in [3.63, 3.8) is 0 Å². The molecule has 2 aliphatic rings. The van der Waals surface area contributed by atoms with Gasteiger partial charge in [0.1, 0.15) is 5.82 Å². The van der Waals surface area contributed by atoms with Gasteiger partial charge >= 0.3 is 0 Å². The molecule has 1 heterocycles. The molecule has 130 valence electrons. The maximum absolute atomic E-state index is 13.3. The van der Waals surface area contributed by atoms with Gasteiger partial charge in [-0.25, -0.2) is 4.39 Å². The second-order valence-corrected chi connectivity index (χ2v) is 6.75. The summed E-state index contributed by atoms with van der Waals surface area (Å²) in [6.45, 7) is 0.611. The number of nitrogens with zero attached hydrogens (tertiary/aromatic N) is 2. The third-order valence-corrected chi connectivity index (χ3v) is 4.84. The molecule has 0 radical (unpaired) electrons. The molecule has 3 rings (SSSR count). The van der Waals surface area contributed by atoms with Gasteiger partial charge in [0.15, 0.2) is 0 Å². The van der Waals surface area contributed by atoms with Crippen molar-refractivity contribution in [2.24, 2.45) is 5.92 Å². The van der Waals surface area contributed by atoms with E-state index in [0.717, 1.165) is 18.4 Å². The van der Waals surface area contributed by atoms with Crippen molar-refractivity contribution in [1.82, 2.24) is 4.90 Å². The van der Waals surface area contributed by atoms with Crippen molar-refractivity contribution in [1.29, 1.82) is 0 Å². The lowest BCUT2D eigenvalue weighted by Crippen LogP contribution is -2.40. The van der Waals surface area contributed by atoms with E-state index >= 15 is 0 Å². The van der Waals surface area contributed by atoms with Gasteiger partial charge in [0.05, 0.1) is 6.10 Å². The Kier molecular flexibility index (Phi) is 4.85. The first-order chi connectivity index (χ1) is 11.5. The van der Waals surface area contributed by atoms with Gasteiger partial charge in [-0.1, -0.05) is 0 Å². The van der Waals surface area contributed by atoms with Gasteiger partial charge in [-0.15, -0.1) is 0 Å². The highest BCUT2D eigenvalue weighted by Gasteiger charge is 2.31. The number of fused-ring (bicyclic) bond motifs is 1. The third kappa shape index (κ3) is 3.75. The molecule has 1 aliphatic heterocycles. The van der Waals surface area contributed by atoms with E-state index < -0.39 is 6.10 Å². The Hall–Kier alpha value is -1.95. The van der Waals surface area contributed by atoms with Crippen LogP contribution in [0.5, 0.6) is 0 Å². The van der Waals surface area contributed by atoms with Gasteiger partial charge in [-0.05, 0) is 48.9 Å². The molecule has 1 saturated carbocycles. The zero-order valence-corrected chi connectivity index (χ0v) is 13.9. The molecule has 1 atom stereocenters. The highest BCUT2D eigenvalue weighted by molar-refractivity contribution is 5.97. The Morgan fingerprint density at radius 3 is 2.88 bits per heavy atom. The van der Waals surface area contributed by atoms with E-state index in [9.17, 15) is 19.1 Å². The molecular weight excluding hydrogens is 311 g/mol. The van der Waals surface area contributed by atoms with Crippen molar-refractivity contribution < 1.29 is 19.1 Å². The quantitative estimate of drug-likeness (QED) is 0.862. The van der Waals surface area contributed by atoms with Crippen LogP contribution >= 0.6 is 0 Å². The number of halogens is 1. The van der Waals surface area contributed by atoms with Gasteiger partial charge in [-0.3, -0.25) is 9.59 Å². The van der Waals surface area contributed by atoms with Crippen molar-refractivity contribution >= 4 is 17.5 Å². The number of anilines is 1. The summed E-state index contributed by atoms with van der Waals surface area (Å²) in [6.07, 6.45) is 2.65. The molecule has 0 spiro atoms. The number of amides is 2. The first-order valence-electron chi connectivity index (χ1n) is 8.46. The Morgan fingerprint density at radius 2 is 2.17 bits per heavy atom. The van der Waals surface area contributed by atoms with E-state index in [1.807, 2.05) is 0 Å². The van der Waals surface area contributed by atoms with Gasteiger partial charge in [0.2, 0.25) is 11.8 Å². The Labute approximate surface area is 141 Å². The highest BCUT2D eigenvalue weighted by Crippen LogP contribution is 2.33. The van der Waals surface area contributed by atoms with Gasteiger partial charge in [-0.2, -0.15) is 0 Å². The summed E-state index contributed by atoms with van der Waals surface area (Å²) in [6, 6.07) is 4.39. The fraction of sp³-hybridized carbons (Fsp3) is 0.556. The van der Waals surface area contributed by atoms with E-state index in [1.165, 1.54) is 17.0 Å². The molecule has 0 bridgehead atoms. The molecule has 24 heavy (non-hydrogen) atoms. The number of likely N-dealkylation sites (N-methyl/N-ethyl adjacent to an activating group) is 1. The zero-order valence-electron chi connectivity index (χ0n) is 13.9. The van der Waals surface area contributed by atoms with E-state index in [2.05, 4.69) is 0 Å². The molecule has 5 nitrogen and oxygen atoms in total. The van der Waals surface area contributed by atoms with E-state index in [4.69, 9.17) is 0 Å². The number of aliphatic hydroxyl groups excluding tert-OH is 1. The maximum Gasteiger partial charge on any atom is 0.227 e. The maximum atomic E-state index is 13.3. The molecule has 1 aliphatic carbocycles. The fourth-order valence-corrected chi connectivity index (χ4v) is 3.18. The molecule has 1 aromatic rings. The van der Waals surface area contributed by atoms with Gasteiger partial charge in [0.25, 0.3) is 0 Å². The Balaban J connectivity index is 1.59. The predicted molar refractivity (Wildman–Crippen MR) is 88.1 cm³/mol. The molecule has 6 heteroatoms. The van der Waals surface area contributed by atoms with Crippen LogP contribution in [0.2, 0.25) is 0 Å². The number of hydrogen-bond acceptors (Lipinski definition) is 3. The number of rotatable bonds is 6. The topological polar surface area (TPSA) is 60.9 Å². The normalized spacial score (nSPS) is 18.3. The Bertz CT molecular complexity index is 645. The lowest BCUT2D eigenvalue weighted by atomic mass is 10.0. The average molecular weight is 334 g/mol. The molecule has 1 aromatic carbocycles. The molecular formula is C18H23FN2O3. The molecule has 1 unspecified atom stereocenters. The molecule has 1 fully saturated rings. The number of aliphatic hydroxyl groups is 1. The minimum Gasteiger partial charge on any atom is -0.391 e. The fourth-order valence-electron chi connectivity index (χ4n) is 3.18. The first-order valence-corrected chi connectivity index (χ1v) is 8.46. The summed E-state index contributed by atoms with van der Waals surface area (Å²) in [5.41, 5.74) is 1.50. The van der Waals surface area contributed by atoms with E-state index in [1.54, 1.807) is 18.0 Å². The van der Waals surface area contributed by atoms with Crippen LogP contribution < -0.4 is 4.90 Å². The lowest BCUT2D eigenvalue weighted by Gasteiger charge is -2.30. The number of aryl methyl sites for hydroxylation is 1. The largest absolute Gasteiger partial charge is 0.391 e. The molecule has 2 amide bonds. The lowest BCUT2D eigenvalue weighted by molar-refractivity contribution is -0.131. The van der Waals surface area contributed by atoms with Crippen LogP contribution in [0, 0.1) is 11.7 Å². The molecule has 1 N–H and O–H groups in total. The second-order valence-electron chi connectivity index (χ2n) is 6.75. The minimum atomic E-state index is -0.459. The van der Waals surface area contributed by atoms with Crippen LogP contribution in [-0.2, 0) is 16.0 Å². The summed E-state index contributed by atoms with van der Waals surface area (Å²) >= 11 is 0. The highest BCUT2D eigenvalue weighted by atomic mass is 19.1. The smallest absolute Gasteiger partial charge is 0.227 e. The van der Waals surface area contributed by atoms with Crippen LogP contribution in [0.3, 0.4) is 0 Å². The van der Waals surface area contributed by atoms with Gasteiger partial charge < -0.3 is 14.9 Å². The first kappa shape index (κ1) is 16.9. The monoisotopic (exact) mass is 334 g/mol. The van der Waals surface area contributed by atoms with Crippen LogP contribution in [-0.4, -0.2) is 48.1 Å². The molecule has 0 saturated heterocycles.